The zero-order valence-corrected chi connectivity index (χ0v) is 15.6. The Hall–Kier alpha value is -2.76. The first-order valence-corrected chi connectivity index (χ1v) is 9.60. The van der Waals surface area contributed by atoms with E-state index in [2.05, 4.69) is 10.6 Å². The van der Waals surface area contributed by atoms with Gasteiger partial charge in [-0.05, 0) is 74.1 Å². The van der Waals surface area contributed by atoms with Crippen molar-refractivity contribution in [3.8, 4) is 0 Å². The fourth-order valence-corrected chi connectivity index (χ4v) is 3.52. The van der Waals surface area contributed by atoms with Crippen molar-refractivity contribution >= 4 is 17.5 Å². The lowest BCUT2D eigenvalue weighted by Crippen LogP contribution is -2.36. The van der Waals surface area contributed by atoms with Crippen LogP contribution in [0.25, 0.3) is 0 Å². The molecule has 0 bridgehead atoms. The van der Waals surface area contributed by atoms with Crippen LogP contribution in [0.1, 0.15) is 31.2 Å². The van der Waals surface area contributed by atoms with E-state index in [0.717, 1.165) is 5.56 Å². The largest absolute Gasteiger partial charge is 0.356 e. The molecular weight excluding hydrogens is 362 g/mol. The van der Waals surface area contributed by atoms with E-state index in [4.69, 9.17) is 0 Å². The molecule has 0 spiro atoms. The van der Waals surface area contributed by atoms with Crippen LogP contribution in [-0.4, -0.2) is 18.4 Å². The van der Waals surface area contributed by atoms with Crippen LogP contribution in [0.3, 0.4) is 0 Å². The predicted octanol–water partition coefficient (Wildman–Crippen LogP) is 4.07. The minimum absolute atomic E-state index is 0.0134. The maximum atomic E-state index is 12.9. The molecule has 1 aliphatic carbocycles. The summed E-state index contributed by atoms with van der Waals surface area (Å²) in [7, 11) is 0. The Labute approximate surface area is 163 Å². The van der Waals surface area contributed by atoms with Gasteiger partial charge in [-0.2, -0.15) is 0 Å². The molecule has 3 rings (SSSR count). The smallest absolute Gasteiger partial charge is 0.227 e. The number of halogens is 2. The molecule has 0 heterocycles. The Balaban J connectivity index is 1.39. The van der Waals surface area contributed by atoms with Crippen molar-refractivity contribution in [2.45, 2.75) is 32.1 Å². The SMILES string of the molecule is O=C(NCCc1ccc(F)cc1)C1CCC(C(=O)Nc2ccc(F)cc2)CC1. The van der Waals surface area contributed by atoms with Gasteiger partial charge in [-0.1, -0.05) is 12.1 Å². The lowest BCUT2D eigenvalue weighted by atomic mass is 9.81. The summed E-state index contributed by atoms with van der Waals surface area (Å²) in [4.78, 5) is 24.7. The van der Waals surface area contributed by atoms with E-state index < -0.39 is 0 Å². The molecule has 0 aromatic heterocycles. The summed E-state index contributed by atoms with van der Waals surface area (Å²) < 4.78 is 25.8. The van der Waals surface area contributed by atoms with Crippen molar-refractivity contribution < 1.29 is 18.4 Å². The monoisotopic (exact) mass is 386 g/mol. The van der Waals surface area contributed by atoms with Crippen molar-refractivity contribution in [1.29, 1.82) is 0 Å². The van der Waals surface area contributed by atoms with E-state index in [9.17, 15) is 18.4 Å². The van der Waals surface area contributed by atoms with E-state index >= 15 is 0 Å². The molecule has 0 saturated heterocycles. The number of hydrogen-bond acceptors (Lipinski definition) is 2. The summed E-state index contributed by atoms with van der Waals surface area (Å²) in [6, 6.07) is 11.9. The minimum Gasteiger partial charge on any atom is -0.356 e. The number of amides is 2. The summed E-state index contributed by atoms with van der Waals surface area (Å²) in [5, 5.41) is 5.74. The van der Waals surface area contributed by atoms with Gasteiger partial charge in [0.1, 0.15) is 11.6 Å². The number of nitrogens with one attached hydrogen (secondary N) is 2. The first-order valence-electron chi connectivity index (χ1n) is 9.60. The Kier molecular flexibility index (Phi) is 6.74. The van der Waals surface area contributed by atoms with Gasteiger partial charge in [0.15, 0.2) is 0 Å². The van der Waals surface area contributed by atoms with Gasteiger partial charge in [-0.25, -0.2) is 8.78 Å². The standard InChI is InChI=1S/C22H24F2N2O2/c23-18-7-1-15(2-8-18)13-14-25-21(27)16-3-5-17(6-4-16)22(28)26-20-11-9-19(24)10-12-20/h1-2,7-12,16-17H,3-6,13-14H2,(H,25,27)(H,26,28). The summed E-state index contributed by atoms with van der Waals surface area (Å²) in [6.45, 7) is 0.509. The predicted molar refractivity (Wildman–Crippen MR) is 104 cm³/mol. The van der Waals surface area contributed by atoms with Crippen LogP contribution in [0.2, 0.25) is 0 Å². The summed E-state index contributed by atoms with van der Waals surface area (Å²) in [5.74, 6) is -0.894. The molecule has 148 valence electrons. The van der Waals surface area contributed by atoms with Gasteiger partial charge in [0.05, 0.1) is 0 Å². The molecule has 2 N–H and O–H groups in total. The second-order valence-corrected chi connectivity index (χ2v) is 7.21. The lowest BCUT2D eigenvalue weighted by Gasteiger charge is -2.27. The van der Waals surface area contributed by atoms with Crippen molar-refractivity contribution in [1.82, 2.24) is 5.32 Å². The van der Waals surface area contributed by atoms with Crippen LogP contribution in [0.15, 0.2) is 48.5 Å². The summed E-state index contributed by atoms with van der Waals surface area (Å²) in [5.41, 5.74) is 1.55. The molecule has 6 heteroatoms. The summed E-state index contributed by atoms with van der Waals surface area (Å²) in [6.07, 6.45) is 3.31. The second kappa shape index (κ2) is 9.44. The van der Waals surface area contributed by atoms with Crippen LogP contribution in [0, 0.1) is 23.5 Å². The molecule has 1 fully saturated rings. The Morgan fingerprint density at radius 1 is 0.786 bits per heavy atom. The van der Waals surface area contributed by atoms with Gasteiger partial charge in [0.2, 0.25) is 11.8 Å². The number of rotatable bonds is 6. The molecule has 0 radical (unpaired) electrons. The zero-order chi connectivity index (χ0) is 19.9. The summed E-state index contributed by atoms with van der Waals surface area (Å²) >= 11 is 0. The normalized spacial score (nSPS) is 19.1. The molecule has 0 atom stereocenters. The molecule has 0 aliphatic heterocycles. The Bertz CT molecular complexity index is 798. The first-order chi connectivity index (χ1) is 13.5. The molecule has 0 unspecified atom stereocenters. The average molecular weight is 386 g/mol. The van der Waals surface area contributed by atoms with Gasteiger partial charge in [-0.15, -0.1) is 0 Å². The average Bonchev–Trinajstić information content (AvgIpc) is 2.71. The van der Waals surface area contributed by atoms with Gasteiger partial charge in [0.25, 0.3) is 0 Å². The third kappa shape index (κ3) is 5.62. The van der Waals surface area contributed by atoms with E-state index in [-0.39, 0.29) is 35.3 Å². The number of carbonyl (C=O) groups excluding carboxylic acids is 2. The van der Waals surface area contributed by atoms with Crippen LogP contribution in [0.5, 0.6) is 0 Å². The topological polar surface area (TPSA) is 58.2 Å². The van der Waals surface area contributed by atoms with Gasteiger partial charge in [0, 0.05) is 24.1 Å². The molecule has 1 saturated carbocycles. The quantitative estimate of drug-likeness (QED) is 0.786. The Morgan fingerprint density at radius 3 is 1.86 bits per heavy atom. The van der Waals surface area contributed by atoms with E-state index in [0.29, 0.717) is 44.3 Å². The fourth-order valence-electron chi connectivity index (χ4n) is 3.52. The zero-order valence-electron chi connectivity index (χ0n) is 15.6. The maximum Gasteiger partial charge on any atom is 0.227 e. The molecule has 1 aliphatic rings. The third-order valence-corrected chi connectivity index (χ3v) is 5.21. The highest BCUT2D eigenvalue weighted by molar-refractivity contribution is 5.92. The number of hydrogen-bond donors (Lipinski definition) is 2. The maximum absolute atomic E-state index is 12.9. The van der Waals surface area contributed by atoms with E-state index in [1.807, 2.05) is 0 Å². The molecule has 4 nitrogen and oxygen atoms in total. The number of carbonyl (C=O) groups is 2. The highest BCUT2D eigenvalue weighted by Crippen LogP contribution is 2.30. The van der Waals surface area contributed by atoms with Crippen LogP contribution in [-0.2, 0) is 16.0 Å². The number of benzene rings is 2. The van der Waals surface area contributed by atoms with Crippen LogP contribution in [0.4, 0.5) is 14.5 Å². The van der Waals surface area contributed by atoms with Crippen molar-refractivity contribution in [2.24, 2.45) is 11.8 Å². The molecule has 2 aromatic carbocycles. The van der Waals surface area contributed by atoms with Gasteiger partial charge in [-0.3, -0.25) is 9.59 Å². The lowest BCUT2D eigenvalue weighted by molar-refractivity contribution is -0.128. The van der Waals surface area contributed by atoms with Crippen molar-refractivity contribution in [3.63, 3.8) is 0 Å². The van der Waals surface area contributed by atoms with E-state index in [1.54, 1.807) is 12.1 Å². The van der Waals surface area contributed by atoms with Crippen LogP contribution < -0.4 is 10.6 Å². The van der Waals surface area contributed by atoms with Crippen LogP contribution >= 0.6 is 0 Å². The van der Waals surface area contributed by atoms with Gasteiger partial charge < -0.3 is 10.6 Å². The fraction of sp³-hybridized carbons (Fsp3) is 0.364. The molecule has 28 heavy (non-hydrogen) atoms. The first kappa shape index (κ1) is 20.0. The minimum atomic E-state index is -0.344. The second-order valence-electron chi connectivity index (χ2n) is 7.21. The third-order valence-electron chi connectivity index (χ3n) is 5.21. The molecule has 2 amide bonds. The molecule has 2 aromatic rings. The Morgan fingerprint density at radius 2 is 1.29 bits per heavy atom. The highest BCUT2D eigenvalue weighted by Gasteiger charge is 2.29. The van der Waals surface area contributed by atoms with Gasteiger partial charge >= 0.3 is 0 Å². The number of anilines is 1. The van der Waals surface area contributed by atoms with E-state index in [1.165, 1.54) is 36.4 Å². The van der Waals surface area contributed by atoms with Crippen molar-refractivity contribution in [3.05, 3.63) is 65.7 Å². The van der Waals surface area contributed by atoms with Crippen molar-refractivity contribution in [2.75, 3.05) is 11.9 Å². The highest BCUT2D eigenvalue weighted by atomic mass is 19.1. The molecular formula is C22H24F2N2O2.